The molecule has 0 spiro atoms. The van der Waals surface area contributed by atoms with Crippen molar-refractivity contribution in [3.8, 4) is 5.75 Å². The van der Waals surface area contributed by atoms with E-state index in [-0.39, 0.29) is 30.1 Å². The number of benzene rings is 1. The second-order valence-electron chi connectivity index (χ2n) is 5.66. The fraction of sp³-hybridized carbons (Fsp3) is 0.130. The van der Waals surface area contributed by atoms with Gasteiger partial charge in [-0.1, -0.05) is 57.2 Å². The van der Waals surface area contributed by atoms with Crippen LogP contribution in [0.4, 0.5) is 13.2 Å². The average Bonchev–Trinajstić information content (AvgIpc) is 2.69. The van der Waals surface area contributed by atoms with Crippen molar-refractivity contribution >= 4 is 6.08 Å². The summed E-state index contributed by atoms with van der Waals surface area (Å²) in [5.74, 6) is -3.32. The van der Waals surface area contributed by atoms with Crippen LogP contribution in [0.3, 0.4) is 0 Å². The highest BCUT2D eigenvalue weighted by Crippen LogP contribution is 2.27. The average molecular weight is 388 g/mol. The summed E-state index contributed by atoms with van der Waals surface area (Å²) in [4.78, 5) is 0. The molecule has 28 heavy (non-hydrogen) atoms. The fourth-order valence-electron chi connectivity index (χ4n) is 1.93. The minimum absolute atomic E-state index is 0.00552. The van der Waals surface area contributed by atoms with Crippen LogP contribution in [-0.4, -0.2) is 13.2 Å². The first-order valence-electron chi connectivity index (χ1n) is 8.37. The lowest BCUT2D eigenvalue weighted by molar-refractivity contribution is 0.224. The Morgan fingerprint density at radius 3 is 2.32 bits per heavy atom. The number of hydrogen-bond donors (Lipinski definition) is 0. The summed E-state index contributed by atoms with van der Waals surface area (Å²) >= 11 is 0. The van der Waals surface area contributed by atoms with Gasteiger partial charge in [0, 0.05) is 5.57 Å². The lowest BCUT2D eigenvalue weighted by Gasteiger charge is -2.09. The van der Waals surface area contributed by atoms with Gasteiger partial charge in [-0.15, -0.1) is 0 Å². The van der Waals surface area contributed by atoms with E-state index in [1.165, 1.54) is 30.4 Å². The zero-order chi connectivity index (χ0) is 21.3. The Kier molecular flexibility index (Phi) is 8.82. The zero-order valence-electron chi connectivity index (χ0n) is 15.9. The lowest BCUT2D eigenvalue weighted by Crippen LogP contribution is -2.00. The SMILES string of the molecule is C=Cc1ccc(OCC(=C)/C=C\C(=C)C(=C)/C(F)=C(/F)C(=C)OCC)c(F)c1. The van der Waals surface area contributed by atoms with E-state index in [0.29, 0.717) is 11.1 Å². The zero-order valence-corrected chi connectivity index (χ0v) is 15.9. The van der Waals surface area contributed by atoms with Gasteiger partial charge in [0.1, 0.15) is 6.61 Å². The molecule has 2 nitrogen and oxygen atoms in total. The number of ether oxygens (including phenoxy) is 2. The molecule has 0 unspecified atom stereocenters. The predicted molar refractivity (Wildman–Crippen MR) is 109 cm³/mol. The molecule has 1 aromatic carbocycles. The summed E-state index contributed by atoms with van der Waals surface area (Å²) in [6.45, 7) is 19.5. The van der Waals surface area contributed by atoms with Crippen molar-refractivity contribution in [3.63, 3.8) is 0 Å². The standard InChI is InChI=1S/C23H23F3O2/c1-7-19-11-12-21(20(24)13-19)28-14-15(3)9-10-16(4)17(5)22(25)23(26)18(6)27-8-2/h7,9-13H,1,3-6,8,14H2,2H3/b10-9-,23-22-. The van der Waals surface area contributed by atoms with Gasteiger partial charge in [-0.05, 0) is 35.8 Å². The topological polar surface area (TPSA) is 18.5 Å². The van der Waals surface area contributed by atoms with Gasteiger partial charge in [0.05, 0.1) is 6.61 Å². The molecule has 0 bridgehead atoms. The monoisotopic (exact) mass is 388 g/mol. The molecule has 0 N–H and O–H groups in total. The van der Waals surface area contributed by atoms with Gasteiger partial charge in [0.25, 0.3) is 0 Å². The van der Waals surface area contributed by atoms with Crippen LogP contribution < -0.4 is 4.74 Å². The molecule has 0 saturated heterocycles. The largest absolute Gasteiger partial charge is 0.491 e. The van der Waals surface area contributed by atoms with Crippen LogP contribution in [0.15, 0.2) is 97.4 Å². The minimum Gasteiger partial charge on any atom is -0.491 e. The van der Waals surface area contributed by atoms with E-state index in [2.05, 4.69) is 32.9 Å². The second-order valence-corrected chi connectivity index (χ2v) is 5.66. The molecule has 0 radical (unpaired) electrons. The van der Waals surface area contributed by atoms with Crippen LogP contribution in [0, 0.1) is 5.82 Å². The summed E-state index contributed by atoms with van der Waals surface area (Å²) in [6, 6.07) is 4.44. The quantitative estimate of drug-likeness (QED) is 0.307. The molecule has 0 amide bonds. The number of hydrogen-bond acceptors (Lipinski definition) is 2. The first-order valence-corrected chi connectivity index (χ1v) is 8.37. The molecular weight excluding hydrogens is 365 g/mol. The molecule has 0 atom stereocenters. The van der Waals surface area contributed by atoms with Gasteiger partial charge in [0.2, 0.25) is 5.83 Å². The number of rotatable bonds is 11. The molecule has 0 aliphatic rings. The van der Waals surface area contributed by atoms with Crippen molar-refractivity contribution in [1.29, 1.82) is 0 Å². The third-order valence-corrected chi connectivity index (χ3v) is 3.53. The number of allylic oxidation sites excluding steroid dienone is 5. The first kappa shape index (κ1) is 22.8. The van der Waals surface area contributed by atoms with Crippen molar-refractivity contribution < 1.29 is 22.6 Å². The van der Waals surface area contributed by atoms with Crippen molar-refractivity contribution in [2.45, 2.75) is 6.92 Å². The van der Waals surface area contributed by atoms with E-state index in [0.717, 1.165) is 0 Å². The summed E-state index contributed by atoms with van der Waals surface area (Å²) in [5.41, 5.74) is 0.964. The van der Waals surface area contributed by atoms with Crippen LogP contribution in [0.1, 0.15) is 12.5 Å². The molecule has 148 valence electrons. The van der Waals surface area contributed by atoms with Crippen molar-refractivity contribution in [2.75, 3.05) is 13.2 Å². The Hall–Kier alpha value is -3.21. The number of halogens is 3. The van der Waals surface area contributed by atoms with Crippen LogP contribution >= 0.6 is 0 Å². The Morgan fingerprint density at radius 1 is 1.07 bits per heavy atom. The summed E-state index contributed by atoms with van der Waals surface area (Å²) in [7, 11) is 0. The van der Waals surface area contributed by atoms with E-state index in [1.54, 1.807) is 13.0 Å². The van der Waals surface area contributed by atoms with Gasteiger partial charge in [-0.3, -0.25) is 0 Å². The minimum atomic E-state index is -1.23. The molecule has 1 aromatic rings. The van der Waals surface area contributed by atoms with Gasteiger partial charge < -0.3 is 9.47 Å². The third-order valence-electron chi connectivity index (χ3n) is 3.53. The van der Waals surface area contributed by atoms with E-state index in [4.69, 9.17) is 9.47 Å². The maximum atomic E-state index is 14.1. The van der Waals surface area contributed by atoms with Gasteiger partial charge >= 0.3 is 0 Å². The molecule has 0 saturated carbocycles. The molecule has 0 heterocycles. The summed E-state index contributed by atoms with van der Waals surface area (Å²) in [5, 5.41) is 0. The van der Waals surface area contributed by atoms with Crippen molar-refractivity contribution in [2.24, 2.45) is 0 Å². The fourth-order valence-corrected chi connectivity index (χ4v) is 1.93. The maximum Gasteiger partial charge on any atom is 0.200 e. The normalized spacial score (nSPS) is 11.6. The lowest BCUT2D eigenvalue weighted by atomic mass is 10.1. The first-order chi connectivity index (χ1) is 13.2. The molecule has 5 heteroatoms. The van der Waals surface area contributed by atoms with Crippen molar-refractivity contribution in [3.05, 3.63) is 109 Å². The molecule has 1 rings (SSSR count). The highest BCUT2D eigenvalue weighted by Gasteiger charge is 2.15. The second kappa shape index (κ2) is 10.8. The molecular formula is C23H23F3O2. The van der Waals surface area contributed by atoms with Gasteiger partial charge in [-0.25, -0.2) is 8.78 Å². The molecule has 0 aliphatic heterocycles. The summed E-state index contributed by atoms with van der Waals surface area (Å²) < 4.78 is 52.0. The molecule has 0 aliphatic carbocycles. The third kappa shape index (κ3) is 6.50. The maximum absolute atomic E-state index is 14.1. The van der Waals surface area contributed by atoms with Crippen LogP contribution in [0.5, 0.6) is 5.75 Å². The van der Waals surface area contributed by atoms with Gasteiger partial charge in [-0.2, -0.15) is 4.39 Å². The highest BCUT2D eigenvalue weighted by molar-refractivity contribution is 5.50. The Morgan fingerprint density at radius 2 is 1.75 bits per heavy atom. The van der Waals surface area contributed by atoms with E-state index >= 15 is 0 Å². The summed E-state index contributed by atoms with van der Waals surface area (Å²) in [6.07, 6.45) is 4.42. The van der Waals surface area contributed by atoms with Crippen LogP contribution in [-0.2, 0) is 4.74 Å². The molecule has 0 fully saturated rings. The smallest absolute Gasteiger partial charge is 0.200 e. The van der Waals surface area contributed by atoms with Crippen LogP contribution in [0.2, 0.25) is 0 Å². The molecule has 0 aromatic heterocycles. The Balaban J connectivity index is 2.69. The van der Waals surface area contributed by atoms with E-state index < -0.39 is 23.2 Å². The Bertz CT molecular complexity index is 861. The van der Waals surface area contributed by atoms with Crippen LogP contribution in [0.25, 0.3) is 6.08 Å². The van der Waals surface area contributed by atoms with Gasteiger partial charge in [0.15, 0.2) is 23.2 Å². The van der Waals surface area contributed by atoms with E-state index in [1.807, 2.05) is 0 Å². The highest BCUT2D eigenvalue weighted by atomic mass is 19.2. The Labute approximate surface area is 164 Å². The predicted octanol–water partition coefficient (Wildman–Crippen LogP) is 6.77. The van der Waals surface area contributed by atoms with Crippen molar-refractivity contribution in [1.82, 2.24) is 0 Å². The van der Waals surface area contributed by atoms with E-state index in [9.17, 15) is 13.2 Å².